The lowest BCUT2D eigenvalue weighted by Crippen LogP contribution is -2.12. The zero-order valence-corrected chi connectivity index (χ0v) is 14.5. The molecule has 6 nitrogen and oxygen atoms in total. The molecule has 0 spiro atoms. The van der Waals surface area contributed by atoms with E-state index in [1.54, 1.807) is 24.3 Å². The molecule has 0 unspecified atom stereocenters. The Bertz CT molecular complexity index is 1070. The van der Waals surface area contributed by atoms with Crippen LogP contribution in [-0.2, 0) is 0 Å². The van der Waals surface area contributed by atoms with E-state index >= 15 is 0 Å². The van der Waals surface area contributed by atoms with Crippen LogP contribution in [0.15, 0.2) is 81.9 Å². The van der Waals surface area contributed by atoms with Gasteiger partial charge in [-0.15, -0.1) is 0 Å². The molecule has 0 aliphatic rings. The van der Waals surface area contributed by atoms with Gasteiger partial charge in [0.1, 0.15) is 5.75 Å². The number of carbonyl (C=O) groups is 1. The fourth-order valence-corrected chi connectivity index (χ4v) is 2.57. The number of furan rings is 1. The molecule has 0 aliphatic carbocycles. The molecule has 0 atom stereocenters. The van der Waals surface area contributed by atoms with Crippen molar-refractivity contribution in [3.8, 4) is 23.0 Å². The van der Waals surface area contributed by atoms with E-state index in [-0.39, 0.29) is 5.69 Å². The van der Waals surface area contributed by atoms with Crippen LogP contribution in [0.1, 0.15) is 16.1 Å². The van der Waals surface area contributed by atoms with E-state index in [4.69, 9.17) is 13.7 Å². The summed E-state index contributed by atoms with van der Waals surface area (Å²) in [4.78, 5) is 12.5. The monoisotopic (exact) mass is 360 g/mol. The Kier molecular flexibility index (Phi) is 4.45. The second-order valence-electron chi connectivity index (χ2n) is 5.92. The first-order chi connectivity index (χ1) is 13.2. The number of para-hydroxylation sites is 2. The lowest BCUT2D eigenvalue weighted by atomic mass is 10.2. The molecule has 0 radical (unpaired) electrons. The van der Waals surface area contributed by atoms with Crippen LogP contribution in [0.3, 0.4) is 0 Å². The molecule has 27 heavy (non-hydrogen) atoms. The van der Waals surface area contributed by atoms with Gasteiger partial charge in [0.25, 0.3) is 5.91 Å². The maximum absolute atomic E-state index is 12.5. The van der Waals surface area contributed by atoms with Crippen molar-refractivity contribution < 1.29 is 18.5 Å². The van der Waals surface area contributed by atoms with Crippen LogP contribution in [0, 0.1) is 6.92 Å². The number of rotatable bonds is 5. The number of amides is 1. The third kappa shape index (κ3) is 3.74. The van der Waals surface area contributed by atoms with E-state index in [0.29, 0.717) is 28.7 Å². The molecule has 6 heteroatoms. The van der Waals surface area contributed by atoms with Gasteiger partial charge in [-0.2, -0.15) is 0 Å². The van der Waals surface area contributed by atoms with Crippen molar-refractivity contribution in [1.82, 2.24) is 5.16 Å². The van der Waals surface area contributed by atoms with E-state index in [1.807, 2.05) is 43.3 Å². The Hall–Kier alpha value is -3.80. The number of carbonyl (C=O) groups excluding carboxylic acids is 1. The summed E-state index contributed by atoms with van der Waals surface area (Å²) in [5, 5.41) is 6.61. The molecule has 4 rings (SSSR count). The van der Waals surface area contributed by atoms with Crippen molar-refractivity contribution in [2.45, 2.75) is 6.92 Å². The van der Waals surface area contributed by atoms with Crippen LogP contribution in [0.2, 0.25) is 0 Å². The maximum Gasteiger partial charge on any atom is 0.277 e. The first-order valence-electron chi connectivity index (χ1n) is 8.34. The Morgan fingerprint density at radius 1 is 1.00 bits per heavy atom. The Morgan fingerprint density at radius 2 is 1.89 bits per heavy atom. The standard InChI is InChI=1S/C21H16N2O4/c1-14-6-4-7-15(12-14)26-18-9-3-2-8-16(18)22-21(24)17-13-20(27-23-17)19-10-5-11-25-19/h2-13H,1H3,(H,22,24). The molecule has 4 aromatic rings. The first-order valence-corrected chi connectivity index (χ1v) is 8.34. The number of anilines is 1. The van der Waals surface area contributed by atoms with Crippen molar-refractivity contribution in [2.24, 2.45) is 0 Å². The van der Waals surface area contributed by atoms with Crippen LogP contribution < -0.4 is 10.1 Å². The Labute approximate surface area is 155 Å². The molecule has 1 amide bonds. The quantitative estimate of drug-likeness (QED) is 0.523. The number of nitrogens with one attached hydrogen (secondary N) is 1. The average molecular weight is 360 g/mol. The van der Waals surface area contributed by atoms with E-state index in [2.05, 4.69) is 10.5 Å². The highest BCUT2D eigenvalue weighted by Crippen LogP contribution is 2.30. The largest absolute Gasteiger partial charge is 0.461 e. The highest BCUT2D eigenvalue weighted by Gasteiger charge is 2.17. The van der Waals surface area contributed by atoms with Crippen molar-refractivity contribution in [2.75, 3.05) is 5.32 Å². The van der Waals surface area contributed by atoms with E-state index in [0.717, 1.165) is 5.56 Å². The lowest BCUT2D eigenvalue weighted by Gasteiger charge is -2.11. The Morgan fingerprint density at radius 3 is 2.70 bits per heavy atom. The SMILES string of the molecule is Cc1cccc(Oc2ccccc2NC(=O)c2cc(-c3ccco3)on2)c1. The molecule has 2 aromatic heterocycles. The van der Waals surface area contributed by atoms with Crippen LogP contribution in [-0.4, -0.2) is 11.1 Å². The van der Waals surface area contributed by atoms with Gasteiger partial charge in [-0.1, -0.05) is 29.4 Å². The highest BCUT2D eigenvalue weighted by atomic mass is 16.5. The minimum absolute atomic E-state index is 0.145. The third-order valence-corrected chi connectivity index (χ3v) is 3.86. The fourth-order valence-electron chi connectivity index (χ4n) is 2.57. The van der Waals surface area contributed by atoms with Crippen molar-refractivity contribution >= 4 is 11.6 Å². The van der Waals surface area contributed by atoms with Crippen LogP contribution in [0.4, 0.5) is 5.69 Å². The Balaban J connectivity index is 1.53. The topological polar surface area (TPSA) is 77.5 Å². The molecule has 0 bridgehead atoms. The van der Waals surface area contributed by atoms with Gasteiger partial charge in [0.2, 0.25) is 5.76 Å². The number of hydrogen-bond acceptors (Lipinski definition) is 5. The molecule has 134 valence electrons. The minimum Gasteiger partial charge on any atom is -0.461 e. The summed E-state index contributed by atoms with van der Waals surface area (Å²) in [6.07, 6.45) is 1.52. The van der Waals surface area contributed by atoms with Gasteiger partial charge in [0, 0.05) is 6.07 Å². The number of benzene rings is 2. The summed E-state index contributed by atoms with van der Waals surface area (Å²) in [7, 11) is 0. The van der Waals surface area contributed by atoms with Gasteiger partial charge >= 0.3 is 0 Å². The summed E-state index contributed by atoms with van der Waals surface area (Å²) < 4.78 is 16.3. The third-order valence-electron chi connectivity index (χ3n) is 3.86. The van der Waals surface area contributed by atoms with Crippen molar-refractivity contribution in [3.63, 3.8) is 0 Å². The van der Waals surface area contributed by atoms with Gasteiger partial charge in [-0.25, -0.2) is 0 Å². The molecule has 1 N–H and O–H groups in total. The zero-order valence-electron chi connectivity index (χ0n) is 14.5. The predicted molar refractivity (Wildman–Crippen MR) is 99.9 cm³/mol. The van der Waals surface area contributed by atoms with Crippen LogP contribution >= 0.6 is 0 Å². The highest BCUT2D eigenvalue weighted by molar-refractivity contribution is 6.04. The number of ether oxygens (including phenoxy) is 1. The maximum atomic E-state index is 12.5. The smallest absolute Gasteiger partial charge is 0.277 e. The summed E-state index contributed by atoms with van der Waals surface area (Å²) in [6, 6.07) is 19.9. The van der Waals surface area contributed by atoms with E-state index < -0.39 is 5.91 Å². The minimum atomic E-state index is -0.406. The summed E-state index contributed by atoms with van der Waals surface area (Å²) in [6.45, 7) is 1.99. The van der Waals surface area contributed by atoms with Gasteiger partial charge in [0.05, 0.1) is 12.0 Å². The lowest BCUT2D eigenvalue weighted by molar-refractivity contribution is 0.101. The molecule has 0 fully saturated rings. The van der Waals surface area contributed by atoms with Crippen LogP contribution in [0.5, 0.6) is 11.5 Å². The first kappa shape index (κ1) is 16.7. The molecular weight excluding hydrogens is 344 g/mol. The zero-order chi connectivity index (χ0) is 18.6. The fraction of sp³-hybridized carbons (Fsp3) is 0.0476. The van der Waals surface area contributed by atoms with E-state index in [9.17, 15) is 4.79 Å². The molecule has 2 heterocycles. The van der Waals surface area contributed by atoms with Gasteiger partial charge in [-0.05, 0) is 48.9 Å². The number of nitrogens with zero attached hydrogens (tertiary/aromatic N) is 1. The number of hydrogen-bond donors (Lipinski definition) is 1. The van der Waals surface area contributed by atoms with Gasteiger partial charge < -0.3 is 19.0 Å². The second-order valence-corrected chi connectivity index (χ2v) is 5.92. The number of aromatic nitrogens is 1. The molecule has 0 saturated heterocycles. The second kappa shape index (κ2) is 7.21. The molecule has 2 aromatic carbocycles. The predicted octanol–water partition coefficient (Wildman–Crippen LogP) is 5.29. The molecular formula is C21H16N2O4. The molecule has 0 saturated carbocycles. The van der Waals surface area contributed by atoms with Crippen LogP contribution in [0.25, 0.3) is 11.5 Å². The van der Waals surface area contributed by atoms with Crippen molar-refractivity contribution in [1.29, 1.82) is 0 Å². The summed E-state index contributed by atoms with van der Waals surface area (Å²) in [5.74, 6) is 1.71. The summed E-state index contributed by atoms with van der Waals surface area (Å²) >= 11 is 0. The van der Waals surface area contributed by atoms with E-state index in [1.165, 1.54) is 12.3 Å². The molecule has 0 aliphatic heterocycles. The van der Waals surface area contributed by atoms with Gasteiger partial charge in [-0.3, -0.25) is 4.79 Å². The summed E-state index contributed by atoms with van der Waals surface area (Å²) in [5.41, 5.74) is 1.76. The average Bonchev–Trinajstić information content (AvgIpc) is 3.35. The normalized spacial score (nSPS) is 10.6. The number of aryl methyl sites for hydroxylation is 1. The van der Waals surface area contributed by atoms with Crippen molar-refractivity contribution in [3.05, 3.63) is 84.3 Å². The van der Waals surface area contributed by atoms with Gasteiger partial charge in [0.15, 0.2) is 17.2 Å².